The van der Waals surface area contributed by atoms with Crippen LogP contribution in [0.4, 0.5) is 13.2 Å². The van der Waals surface area contributed by atoms with Gasteiger partial charge < -0.3 is 9.67 Å². The van der Waals surface area contributed by atoms with Gasteiger partial charge in [0.2, 0.25) is 0 Å². The van der Waals surface area contributed by atoms with Gasteiger partial charge in [-0.15, -0.1) is 0 Å². The number of halogens is 3. The van der Waals surface area contributed by atoms with E-state index in [1.165, 1.54) is 0 Å². The Labute approximate surface area is 137 Å². The lowest BCUT2D eigenvalue weighted by Gasteiger charge is -2.16. The molecule has 1 aromatic heterocycles. The summed E-state index contributed by atoms with van der Waals surface area (Å²) in [6, 6.07) is 16.7. The van der Waals surface area contributed by atoms with Gasteiger partial charge in [0, 0.05) is 0 Å². The summed E-state index contributed by atoms with van der Waals surface area (Å²) < 4.78 is 40.6. The van der Waals surface area contributed by atoms with Crippen molar-refractivity contribution in [3.63, 3.8) is 0 Å². The monoisotopic (exact) mass is 332 g/mol. The molecule has 124 valence electrons. The minimum Gasteiger partial charge on any atom is -0.388 e. The van der Waals surface area contributed by atoms with Gasteiger partial charge >= 0.3 is 6.18 Å². The molecule has 0 saturated heterocycles. The highest BCUT2D eigenvalue weighted by Crippen LogP contribution is 2.32. The van der Waals surface area contributed by atoms with E-state index < -0.39 is 18.5 Å². The first-order valence-corrected chi connectivity index (χ1v) is 7.36. The molecule has 0 fully saturated rings. The van der Waals surface area contributed by atoms with Crippen LogP contribution in [0.15, 0.2) is 60.8 Å². The van der Waals surface area contributed by atoms with E-state index in [9.17, 15) is 18.3 Å². The third-order valence-corrected chi connectivity index (χ3v) is 3.80. The number of aliphatic hydroxyl groups is 1. The smallest absolute Gasteiger partial charge is 0.388 e. The van der Waals surface area contributed by atoms with E-state index in [1.807, 2.05) is 42.5 Å². The molecule has 0 bridgehead atoms. The summed E-state index contributed by atoms with van der Waals surface area (Å²) >= 11 is 0. The molecular weight excluding hydrogens is 317 g/mol. The molecule has 2 aromatic carbocycles. The van der Waals surface area contributed by atoms with Crippen LogP contribution in [0.25, 0.3) is 11.1 Å². The van der Waals surface area contributed by atoms with Crippen molar-refractivity contribution < 1.29 is 18.3 Å². The summed E-state index contributed by atoms with van der Waals surface area (Å²) in [6.07, 6.45) is -3.77. The molecule has 1 N–H and O–H groups in total. The fourth-order valence-electron chi connectivity index (χ4n) is 2.67. The molecule has 0 unspecified atom stereocenters. The number of rotatable bonds is 4. The predicted molar refractivity (Wildman–Crippen MR) is 84.1 cm³/mol. The van der Waals surface area contributed by atoms with Crippen LogP contribution in [0.2, 0.25) is 0 Å². The topological polar surface area (TPSA) is 38.1 Å². The zero-order chi connectivity index (χ0) is 17.2. The molecule has 0 aliphatic carbocycles. The standard InChI is InChI=1S/C18H15F3N2O/c19-18(20,21)16-10-22-17(12-24)23(16)11-14-8-4-5-9-15(14)13-6-2-1-3-7-13/h1-10,24H,11-12H2. The van der Waals surface area contributed by atoms with Crippen LogP contribution >= 0.6 is 0 Å². The molecule has 0 radical (unpaired) electrons. The number of hydrogen-bond donors (Lipinski definition) is 1. The van der Waals surface area contributed by atoms with E-state index in [1.54, 1.807) is 12.1 Å². The molecule has 3 aromatic rings. The third kappa shape index (κ3) is 3.19. The number of aliphatic hydroxyl groups excluding tert-OH is 1. The minimum atomic E-state index is -4.53. The average Bonchev–Trinajstić information content (AvgIpc) is 2.99. The van der Waals surface area contributed by atoms with Crippen LogP contribution in [0.3, 0.4) is 0 Å². The van der Waals surface area contributed by atoms with Crippen molar-refractivity contribution in [2.45, 2.75) is 19.3 Å². The summed E-state index contributed by atoms with van der Waals surface area (Å²) in [5.74, 6) is -0.00908. The first kappa shape index (κ1) is 16.3. The molecule has 0 aliphatic heterocycles. The summed E-state index contributed by atoms with van der Waals surface area (Å²) in [5.41, 5.74) is 1.63. The lowest BCUT2D eigenvalue weighted by atomic mass is 9.99. The van der Waals surface area contributed by atoms with Crippen LogP contribution in [-0.4, -0.2) is 14.7 Å². The average molecular weight is 332 g/mol. The molecule has 1 heterocycles. The van der Waals surface area contributed by atoms with Crippen molar-refractivity contribution in [2.24, 2.45) is 0 Å². The Balaban J connectivity index is 2.06. The Morgan fingerprint density at radius 1 is 0.958 bits per heavy atom. The van der Waals surface area contributed by atoms with Gasteiger partial charge in [-0.1, -0.05) is 54.6 Å². The van der Waals surface area contributed by atoms with Crippen molar-refractivity contribution in [2.75, 3.05) is 0 Å². The molecule has 0 spiro atoms. The highest BCUT2D eigenvalue weighted by molar-refractivity contribution is 5.67. The highest BCUT2D eigenvalue weighted by Gasteiger charge is 2.36. The van der Waals surface area contributed by atoms with Gasteiger partial charge in [0.25, 0.3) is 0 Å². The van der Waals surface area contributed by atoms with Gasteiger partial charge in [0.05, 0.1) is 12.7 Å². The molecule has 0 amide bonds. The van der Waals surface area contributed by atoms with Gasteiger partial charge in [0.1, 0.15) is 18.1 Å². The lowest BCUT2D eigenvalue weighted by Crippen LogP contribution is -2.16. The number of nitrogens with zero attached hydrogens (tertiary/aromatic N) is 2. The maximum Gasteiger partial charge on any atom is 0.433 e. The largest absolute Gasteiger partial charge is 0.433 e. The Hall–Kier alpha value is -2.60. The van der Waals surface area contributed by atoms with E-state index in [0.29, 0.717) is 0 Å². The number of alkyl halides is 3. The van der Waals surface area contributed by atoms with E-state index in [-0.39, 0.29) is 12.4 Å². The van der Waals surface area contributed by atoms with Crippen molar-refractivity contribution in [3.05, 3.63) is 77.9 Å². The van der Waals surface area contributed by atoms with Crippen LogP contribution < -0.4 is 0 Å². The van der Waals surface area contributed by atoms with E-state index >= 15 is 0 Å². The second-order valence-corrected chi connectivity index (χ2v) is 5.32. The normalized spacial score (nSPS) is 11.7. The first-order chi connectivity index (χ1) is 11.5. The second-order valence-electron chi connectivity index (χ2n) is 5.32. The molecular formula is C18H15F3N2O. The molecule has 0 aliphatic rings. The Kier molecular flexibility index (Phi) is 4.40. The number of hydrogen-bond acceptors (Lipinski definition) is 2. The van der Waals surface area contributed by atoms with Crippen LogP contribution in [0.1, 0.15) is 17.1 Å². The van der Waals surface area contributed by atoms with Gasteiger partial charge in [-0.25, -0.2) is 4.98 Å². The molecule has 3 nitrogen and oxygen atoms in total. The Bertz CT molecular complexity index is 826. The highest BCUT2D eigenvalue weighted by atomic mass is 19.4. The molecule has 24 heavy (non-hydrogen) atoms. The van der Waals surface area contributed by atoms with Crippen molar-refractivity contribution in [1.82, 2.24) is 9.55 Å². The maximum atomic E-state index is 13.2. The van der Waals surface area contributed by atoms with Gasteiger partial charge in [-0.3, -0.25) is 0 Å². The van der Waals surface area contributed by atoms with Crippen molar-refractivity contribution in [3.8, 4) is 11.1 Å². The summed E-state index contributed by atoms with van der Waals surface area (Å²) in [7, 11) is 0. The molecule has 3 rings (SSSR count). The van der Waals surface area contributed by atoms with E-state index in [0.717, 1.165) is 27.5 Å². The first-order valence-electron chi connectivity index (χ1n) is 7.36. The van der Waals surface area contributed by atoms with Gasteiger partial charge in [-0.2, -0.15) is 13.2 Å². The lowest BCUT2D eigenvalue weighted by molar-refractivity contribution is -0.143. The van der Waals surface area contributed by atoms with Gasteiger partial charge in [-0.05, 0) is 16.7 Å². The van der Waals surface area contributed by atoms with Gasteiger partial charge in [0.15, 0.2) is 0 Å². The summed E-state index contributed by atoms with van der Waals surface area (Å²) in [5, 5.41) is 9.31. The Morgan fingerprint density at radius 3 is 2.29 bits per heavy atom. The second kappa shape index (κ2) is 6.49. The van der Waals surface area contributed by atoms with Crippen LogP contribution in [-0.2, 0) is 19.3 Å². The summed E-state index contributed by atoms with van der Waals surface area (Å²) in [6.45, 7) is -0.570. The number of benzene rings is 2. The van der Waals surface area contributed by atoms with E-state index in [2.05, 4.69) is 4.98 Å². The summed E-state index contributed by atoms with van der Waals surface area (Å²) in [4.78, 5) is 3.69. The van der Waals surface area contributed by atoms with Crippen molar-refractivity contribution in [1.29, 1.82) is 0 Å². The van der Waals surface area contributed by atoms with Crippen molar-refractivity contribution >= 4 is 0 Å². The Morgan fingerprint density at radius 2 is 1.62 bits per heavy atom. The SMILES string of the molecule is OCc1ncc(C(F)(F)F)n1Cc1ccccc1-c1ccccc1. The quantitative estimate of drug-likeness (QED) is 0.781. The zero-order valence-corrected chi connectivity index (χ0v) is 12.7. The maximum absolute atomic E-state index is 13.2. The molecule has 6 heteroatoms. The predicted octanol–water partition coefficient (Wildman–Crippen LogP) is 4.11. The third-order valence-electron chi connectivity index (χ3n) is 3.80. The number of aromatic nitrogens is 2. The number of imidazole rings is 1. The fourth-order valence-corrected chi connectivity index (χ4v) is 2.67. The van der Waals surface area contributed by atoms with Crippen LogP contribution in [0.5, 0.6) is 0 Å². The fraction of sp³-hybridized carbons (Fsp3) is 0.167. The molecule has 0 atom stereocenters. The minimum absolute atomic E-state index is 0.00908. The van der Waals surface area contributed by atoms with Crippen LogP contribution in [0, 0.1) is 0 Å². The zero-order valence-electron chi connectivity index (χ0n) is 12.7. The molecule has 0 saturated carbocycles. The van der Waals surface area contributed by atoms with E-state index in [4.69, 9.17) is 0 Å².